The Morgan fingerprint density at radius 3 is 1.81 bits per heavy atom. The van der Waals surface area contributed by atoms with Crippen LogP contribution in [0.5, 0.6) is 0 Å². The molecule has 0 heterocycles. The van der Waals surface area contributed by atoms with Gasteiger partial charge in [0, 0.05) is 0 Å². The number of hydrogen-bond acceptors (Lipinski definition) is 1. The first kappa shape index (κ1) is 18.7. The second-order valence-corrected chi connectivity index (χ2v) is 5.07. The molecule has 0 aliphatic heterocycles. The largest absolute Gasteiger partial charge is 1.00 e. The Bertz CT molecular complexity index is 320. The van der Waals surface area contributed by atoms with Crippen molar-refractivity contribution in [1.29, 1.82) is 0 Å². The van der Waals surface area contributed by atoms with Gasteiger partial charge in [-0.25, -0.2) is 4.57 Å². The van der Waals surface area contributed by atoms with Crippen molar-refractivity contribution in [3.8, 4) is 0 Å². The van der Waals surface area contributed by atoms with E-state index in [-0.39, 0.29) is 35.0 Å². The summed E-state index contributed by atoms with van der Waals surface area (Å²) in [6, 6.07) is 11.3. The fraction of sp³-hybridized carbons (Fsp3) is 0.400. The van der Waals surface area contributed by atoms with E-state index in [0.717, 1.165) is 0 Å². The van der Waals surface area contributed by atoms with E-state index in [1.54, 1.807) is 0 Å². The third-order valence-electron chi connectivity index (χ3n) is 1.52. The van der Waals surface area contributed by atoms with Gasteiger partial charge in [0.1, 0.15) is 0 Å². The van der Waals surface area contributed by atoms with E-state index in [1.165, 1.54) is 5.56 Å². The molecule has 1 aromatic rings. The minimum absolute atomic E-state index is 0. The van der Waals surface area contributed by atoms with Gasteiger partial charge < -0.3 is 14.7 Å². The Balaban J connectivity index is 0. The summed E-state index contributed by atoms with van der Waals surface area (Å²) in [6.07, 6.45) is 0. The summed E-state index contributed by atoms with van der Waals surface area (Å²) in [5.74, 6) is 0. The molecule has 86 valence electrons. The second kappa shape index (κ2) is 7.62. The molecule has 6 heteroatoms. The maximum Gasteiger partial charge on any atom is 1.00 e. The summed E-state index contributed by atoms with van der Waals surface area (Å²) >= 11 is 0. The Morgan fingerprint density at radius 1 is 1.19 bits per heavy atom. The number of hydrogen-bond donors (Lipinski definition) is 3. The smallest absolute Gasteiger partial charge is 0.303 e. The van der Waals surface area contributed by atoms with Crippen LogP contribution in [0.25, 0.3) is 0 Å². The summed E-state index contributed by atoms with van der Waals surface area (Å²) in [7, 11) is -4.64. The van der Waals surface area contributed by atoms with Crippen LogP contribution in [-0.4, -0.2) is 14.7 Å². The van der Waals surface area contributed by atoms with Gasteiger partial charge in [0.2, 0.25) is 0 Å². The molecule has 0 aromatic heterocycles. The third-order valence-corrected chi connectivity index (χ3v) is 1.52. The topological polar surface area (TPSA) is 77.8 Å². The predicted molar refractivity (Wildman–Crippen MR) is 58.2 cm³/mol. The summed E-state index contributed by atoms with van der Waals surface area (Å²) < 4.78 is 8.88. The normalized spacial score (nSPS) is 10.9. The van der Waals surface area contributed by atoms with E-state index in [1.807, 2.05) is 12.1 Å². The van der Waals surface area contributed by atoms with Crippen LogP contribution < -0.4 is 29.6 Å². The number of phosphoric acid groups is 1. The molecule has 0 amide bonds. The van der Waals surface area contributed by atoms with Gasteiger partial charge in [0.25, 0.3) is 0 Å². The molecule has 0 saturated carbocycles. The second-order valence-electron chi connectivity index (χ2n) is 4.04. The third kappa shape index (κ3) is 12.4. The molecular weight excluding hydrogens is 238 g/mol. The molecule has 16 heavy (non-hydrogen) atoms. The Kier molecular flexibility index (Phi) is 8.90. The standard InChI is InChI=1S/C10H13.Na.H3O4P/c1-10(2,3)9-7-5-4-6-8-9;;1-5(2,3)4/h4-7H,1-3H3;;(H3,1,2,3,4)/q-1;+1;. The molecule has 0 unspecified atom stereocenters. The first-order chi connectivity index (χ1) is 6.61. The average molecular weight is 254 g/mol. The minimum atomic E-state index is -4.64. The Labute approximate surface area is 118 Å². The first-order valence-corrected chi connectivity index (χ1v) is 5.93. The quantitative estimate of drug-likeness (QED) is 0.311. The summed E-state index contributed by atoms with van der Waals surface area (Å²) in [4.78, 5) is 21.6. The predicted octanol–water partition coefficient (Wildman–Crippen LogP) is -1.14. The van der Waals surface area contributed by atoms with Crippen molar-refractivity contribution in [3.05, 3.63) is 35.9 Å². The van der Waals surface area contributed by atoms with Crippen molar-refractivity contribution in [2.75, 3.05) is 0 Å². The molecule has 3 N–H and O–H groups in total. The van der Waals surface area contributed by atoms with Gasteiger partial charge in [-0.05, 0) is 5.41 Å². The molecule has 0 bridgehead atoms. The molecule has 1 rings (SSSR count). The Morgan fingerprint density at radius 2 is 1.62 bits per heavy atom. The van der Waals surface area contributed by atoms with Crippen molar-refractivity contribution in [2.45, 2.75) is 26.2 Å². The van der Waals surface area contributed by atoms with Crippen LogP contribution in [0.4, 0.5) is 0 Å². The maximum atomic E-state index is 8.88. The van der Waals surface area contributed by atoms with Crippen LogP contribution in [0.3, 0.4) is 0 Å². The van der Waals surface area contributed by atoms with Crippen molar-refractivity contribution >= 4 is 7.82 Å². The monoisotopic (exact) mass is 254 g/mol. The van der Waals surface area contributed by atoms with Gasteiger partial charge in [0.15, 0.2) is 0 Å². The molecule has 1 aromatic carbocycles. The van der Waals surface area contributed by atoms with Gasteiger partial charge in [-0.15, -0.1) is 0 Å². The summed E-state index contributed by atoms with van der Waals surface area (Å²) in [6.45, 7) is 6.58. The van der Waals surface area contributed by atoms with E-state index in [9.17, 15) is 0 Å². The van der Waals surface area contributed by atoms with Crippen molar-refractivity contribution < 1.29 is 48.8 Å². The zero-order chi connectivity index (χ0) is 12.1. The van der Waals surface area contributed by atoms with Crippen molar-refractivity contribution in [2.24, 2.45) is 0 Å². The van der Waals surface area contributed by atoms with E-state index in [2.05, 4.69) is 39.0 Å². The SMILES string of the molecule is CC(C)(C)c1[c-]cccc1.O=P(O)(O)O.[Na+]. The molecule has 0 fully saturated rings. The van der Waals surface area contributed by atoms with Gasteiger partial charge >= 0.3 is 37.4 Å². The van der Waals surface area contributed by atoms with Gasteiger partial charge in [-0.1, -0.05) is 20.8 Å². The average Bonchev–Trinajstić information content (AvgIpc) is 2.01. The van der Waals surface area contributed by atoms with E-state index >= 15 is 0 Å². The van der Waals surface area contributed by atoms with Crippen molar-refractivity contribution in [3.63, 3.8) is 0 Å². The van der Waals surface area contributed by atoms with Crippen molar-refractivity contribution in [1.82, 2.24) is 0 Å². The first-order valence-electron chi connectivity index (χ1n) is 4.36. The van der Waals surface area contributed by atoms with Crippen LogP contribution in [0.15, 0.2) is 24.3 Å². The molecule has 0 atom stereocenters. The zero-order valence-electron chi connectivity index (χ0n) is 10.0. The molecule has 4 nitrogen and oxygen atoms in total. The van der Waals surface area contributed by atoms with E-state index in [4.69, 9.17) is 19.2 Å². The van der Waals surface area contributed by atoms with Gasteiger partial charge in [-0.3, -0.25) is 0 Å². The van der Waals surface area contributed by atoms with E-state index < -0.39 is 7.82 Å². The van der Waals surface area contributed by atoms with Crippen LogP contribution >= 0.6 is 7.82 Å². The van der Waals surface area contributed by atoms with Crippen LogP contribution in [0.1, 0.15) is 26.3 Å². The zero-order valence-corrected chi connectivity index (χ0v) is 12.9. The van der Waals surface area contributed by atoms with Crippen LogP contribution in [0.2, 0.25) is 0 Å². The van der Waals surface area contributed by atoms with Gasteiger partial charge in [-0.2, -0.15) is 35.9 Å². The molecular formula is C10H16NaO4P. The van der Waals surface area contributed by atoms with Crippen LogP contribution in [-0.2, 0) is 9.98 Å². The molecule has 0 aliphatic carbocycles. The maximum absolute atomic E-state index is 8.88. The molecule has 0 radical (unpaired) electrons. The van der Waals surface area contributed by atoms with Crippen LogP contribution in [0, 0.1) is 6.07 Å². The van der Waals surface area contributed by atoms with Gasteiger partial charge in [0.05, 0.1) is 0 Å². The number of benzene rings is 1. The Hall–Kier alpha value is 0.330. The molecule has 0 spiro atoms. The fourth-order valence-corrected chi connectivity index (χ4v) is 0.860. The number of rotatable bonds is 0. The minimum Gasteiger partial charge on any atom is -0.303 e. The summed E-state index contributed by atoms with van der Waals surface area (Å²) in [5, 5.41) is 0. The summed E-state index contributed by atoms with van der Waals surface area (Å²) in [5.41, 5.74) is 1.51. The molecule has 0 aliphatic rings. The van der Waals surface area contributed by atoms with E-state index in [0.29, 0.717) is 0 Å². The molecule has 0 saturated heterocycles. The fourth-order valence-electron chi connectivity index (χ4n) is 0.860.